The molecule has 122 valence electrons. The van der Waals surface area contributed by atoms with Gasteiger partial charge in [0.2, 0.25) is 11.9 Å². The zero-order chi connectivity index (χ0) is 16.9. The highest BCUT2D eigenvalue weighted by atomic mass is 16.5. The zero-order valence-corrected chi connectivity index (χ0v) is 13.0. The van der Waals surface area contributed by atoms with Gasteiger partial charge in [-0.15, -0.1) is 0 Å². The summed E-state index contributed by atoms with van der Waals surface area (Å²) in [7, 11) is 1.28. The Balaban J connectivity index is 1.71. The number of aromatic nitrogens is 2. The molecule has 0 unspecified atom stereocenters. The van der Waals surface area contributed by atoms with Gasteiger partial charge in [-0.25, -0.2) is 9.78 Å². The number of carbonyl (C=O) groups is 2. The Morgan fingerprint density at radius 3 is 2.67 bits per heavy atom. The van der Waals surface area contributed by atoms with Crippen molar-refractivity contribution in [2.45, 2.75) is 6.42 Å². The maximum Gasteiger partial charge on any atom is 0.413 e. The van der Waals surface area contributed by atoms with Crippen LogP contribution in [-0.2, 0) is 16.0 Å². The summed E-state index contributed by atoms with van der Waals surface area (Å²) in [6.45, 7) is 0. The monoisotopic (exact) mass is 324 g/mol. The molecule has 24 heavy (non-hydrogen) atoms. The van der Waals surface area contributed by atoms with Crippen molar-refractivity contribution < 1.29 is 14.3 Å². The molecule has 7 nitrogen and oxygen atoms in total. The van der Waals surface area contributed by atoms with E-state index in [0.29, 0.717) is 23.1 Å². The molecule has 3 aromatic rings. The number of methoxy groups -OCH3 is 1. The molecule has 0 aliphatic rings. The van der Waals surface area contributed by atoms with Gasteiger partial charge in [0, 0.05) is 5.69 Å². The fourth-order valence-corrected chi connectivity index (χ4v) is 2.28. The van der Waals surface area contributed by atoms with Crippen LogP contribution in [0.4, 0.5) is 16.4 Å². The fraction of sp³-hybridized carbons (Fsp3) is 0.118. The molecule has 0 saturated heterocycles. The molecule has 1 heterocycles. The van der Waals surface area contributed by atoms with Gasteiger partial charge >= 0.3 is 6.09 Å². The van der Waals surface area contributed by atoms with Gasteiger partial charge in [0.25, 0.3) is 0 Å². The van der Waals surface area contributed by atoms with Crippen molar-refractivity contribution in [2.75, 3.05) is 17.7 Å². The number of carbonyl (C=O) groups excluding carboxylic acids is 2. The lowest BCUT2D eigenvalue weighted by Gasteiger charge is -2.05. The van der Waals surface area contributed by atoms with Crippen LogP contribution < -0.4 is 10.6 Å². The first-order chi connectivity index (χ1) is 11.6. The Morgan fingerprint density at radius 2 is 1.92 bits per heavy atom. The lowest BCUT2D eigenvalue weighted by atomic mass is 10.1. The molecule has 0 bridgehead atoms. The molecule has 0 aliphatic carbocycles. The summed E-state index contributed by atoms with van der Waals surface area (Å²) < 4.78 is 4.52. The van der Waals surface area contributed by atoms with E-state index in [0.717, 1.165) is 5.56 Å². The molecule has 3 N–H and O–H groups in total. The van der Waals surface area contributed by atoms with Crippen molar-refractivity contribution in [2.24, 2.45) is 0 Å². The van der Waals surface area contributed by atoms with Crippen LogP contribution >= 0.6 is 0 Å². The summed E-state index contributed by atoms with van der Waals surface area (Å²) in [5.41, 5.74) is 2.96. The average Bonchev–Trinajstić information content (AvgIpc) is 2.97. The minimum Gasteiger partial charge on any atom is -0.453 e. The Labute approximate surface area is 138 Å². The molecule has 2 amide bonds. The third-order valence-corrected chi connectivity index (χ3v) is 3.38. The Bertz CT molecular complexity index is 874. The second-order valence-corrected chi connectivity index (χ2v) is 5.14. The molecule has 0 fully saturated rings. The smallest absolute Gasteiger partial charge is 0.413 e. The largest absolute Gasteiger partial charge is 0.453 e. The zero-order valence-electron chi connectivity index (χ0n) is 13.0. The fourth-order valence-electron chi connectivity index (χ4n) is 2.28. The standard InChI is InChI=1S/C17H16N4O3/c1-24-17(23)21-16-19-13-8-7-12(10-14(13)20-16)18-15(22)9-11-5-3-2-4-6-11/h2-8,10H,9H2,1H3,(H,18,22)(H2,19,20,21,23). The quantitative estimate of drug-likeness (QED) is 0.687. The van der Waals surface area contributed by atoms with Crippen LogP contribution in [0, 0.1) is 0 Å². The van der Waals surface area contributed by atoms with E-state index in [2.05, 4.69) is 25.3 Å². The van der Waals surface area contributed by atoms with E-state index in [-0.39, 0.29) is 11.9 Å². The highest BCUT2D eigenvalue weighted by molar-refractivity contribution is 5.95. The van der Waals surface area contributed by atoms with Crippen LogP contribution in [-0.4, -0.2) is 29.1 Å². The summed E-state index contributed by atoms with van der Waals surface area (Å²) in [4.78, 5) is 30.4. The maximum atomic E-state index is 12.1. The number of anilines is 2. The number of aromatic amines is 1. The van der Waals surface area contributed by atoms with Gasteiger partial charge < -0.3 is 15.0 Å². The molecule has 0 saturated carbocycles. The molecular weight excluding hydrogens is 308 g/mol. The first-order valence-corrected chi connectivity index (χ1v) is 7.32. The minimum absolute atomic E-state index is 0.104. The molecule has 0 atom stereocenters. The van der Waals surface area contributed by atoms with Gasteiger partial charge in [0.15, 0.2) is 0 Å². The SMILES string of the molecule is COC(=O)Nc1nc2ccc(NC(=O)Cc3ccccc3)cc2[nH]1. The molecule has 2 aromatic carbocycles. The van der Waals surface area contributed by atoms with Crippen molar-refractivity contribution >= 4 is 34.7 Å². The summed E-state index contributed by atoms with van der Waals surface area (Å²) in [6, 6.07) is 14.8. The van der Waals surface area contributed by atoms with Crippen molar-refractivity contribution in [3.8, 4) is 0 Å². The third kappa shape index (κ3) is 3.70. The van der Waals surface area contributed by atoms with Crippen LogP contribution in [0.3, 0.4) is 0 Å². The van der Waals surface area contributed by atoms with E-state index < -0.39 is 6.09 Å². The van der Waals surface area contributed by atoms with E-state index in [1.54, 1.807) is 18.2 Å². The van der Waals surface area contributed by atoms with Gasteiger partial charge in [-0.3, -0.25) is 10.1 Å². The minimum atomic E-state index is -0.606. The van der Waals surface area contributed by atoms with E-state index in [9.17, 15) is 9.59 Å². The number of hydrogen-bond acceptors (Lipinski definition) is 4. The number of ether oxygens (including phenoxy) is 1. The van der Waals surface area contributed by atoms with Crippen molar-refractivity contribution in [1.82, 2.24) is 9.97 Å². The number of rotatable bonds is 4. The number of nitrogens with one attached hydrogen (secondary N) is 3. The normalized spacial score (nSPS) is 10.4. The number of hydrogen-bond donors (Lipinski definition) is 3. The first-order valence-electron chi connectivity index (χ1n) is 7.32. The summed E-state index contributed by atoms with van der Waals surface area (Å²) in [5, 5.41) is 5.30. The highest BCUT2D eigenvalue weighted by Gasteiger charge is 2.09. The van der Waals surface area contributed by atoms with Gasteiger partial charge in [-0.2, -0.15) is 0 Å². The van der Waals surface area contributed by atoms with Crippen LogP contribution in [0.15, 0.2) is 48.5 Å². The molecule has 0 aliphatic heterocycles. The summed E-state index contributed by atoms with van der Waals surface area (Å²) >= 11 is 0. The molecular formula is C17H16N4O3. The van der Waals surface area contributed by atoms with E-state index in [1.165, 1.54) is 7.11 Å². The number of H-pyrrole nitrogens is 1. The molecule has 7 heteroatoms. The van der Waals surface area contributed by atoms with Crippen LogP contribution in [0.2, 0.25) is 0 Å². The molecule has 1 aromatic heterocycles. The number of fused-ring (bicyclic) bond motifs is 1. The highest BCUT2D eigenvalue weighted by Crippen LogP contribution is 2.19. The van der Waals surface area contributed by atoms with Crippen molar-refractivity contribution in [1.29, 1.82) is 0 Å². The Hall–Kier alpha value is -3.35. The Morgan fingerprint density at radius 1 is 1.12 bits per heavy atom. The number of nitrogens with zero attached hydrogens (tertiary/aromatic N) is 1. The number of imidazole rings is 1. The summed E-state index contributed by atoms with van der Waals surface area (Å²) in [6.07, 6.45) is -0.303. The van der Waals surface area contributed by atoms with Crippen LogP contribution in [0.1, 0.15) is 5.56 Å². The van der Waals surface area contributed by atoms with E-state index in [1.807, 2.05) is 30.3 Å². The van der Waals surface area contributed by atoms with Crippen LogP contribution in [0.5, 0.6) is 0 Å². The van der Waals surface area contributed by atoms with Gasteiger partial charge in [0.05, 0.1) is 24.6 Å². The summed E-state index contributed by atoms with van der Waals surface area (Å²) in [5.74, 6) is 0.178. The third-order valence-electron chi connectivity index (χ3n) is 3.38. The molecule has 0 radical (unpaired) electrons. The Kier molecular flexibility index (Phi) is 4.42. The van der Waals surface area contributed by atoms with E-state index >= 15 is 0 Å². The lowest BCUT2D eigenvalue weighted by Crippen LogP contribution is -2.14. The van der Waals surface area contributed by atoms with Crippen molar-refractivity contribution in [3.05, 3.63) is 54.1 Å². The van der Waals surface area contributed by atoms with Gasteiger partial charge in [0.1, 0.15) is 0 Å². The van der Waals surface area contributed by atoms with Crippen LogP contribution in [0.25, 0.3) is 11.0 Å². The first kappa shape index (κ1) is 15.5. The van der Waals surface area contributed by atoms with Gasteiger partial charge in [-0.1, -0.05) is 30.3 Å². The average molecular weight is 324 g/mol. The number of amides is 2. The second-order valence-electron chi connectivity index (χ2n) is 5.14. The maximum absolute atomic E-state index is 12.1. The predicted molar refractivity (Wildman–Crippen MR) is 90.9 cm³/mol. The van der Waals surface area contributed by atoms with E-state index in [4.69, 9.17) is 0 Å². The van der Waals surface area contributed by atoms with Crippen molar-refractivity contribution in [3.63, 3.8) is 0 Å². The van der Waals surface area contributed by atoms with Gasteiger partial charge in [-0.05, 0) is 23.8 Å². The topological polar surface area (TPSA) is 96.1 Å². The predicted octanol–water partition coefficient (Wildman–Crippen LogP) is 2.92. The second kappa shape index (κ2) is 6.82. The molecule has 3 rings (SSSR count). The number of benzene rings is 2. The lowest BCUT2D eigenvalue weighted by molar-refractivity contribution is -0.115. The molecule has 0 spiro atoms.